The van der Waals surface area contributed by atoms with Crippen molar-refractivity contribution in [3.63, 3.8) is 0 Å². The molecule has 16 heavy (non-hydrogen) atoms. The van der Waals surface area contributed by atoms with E-state index in [1.165, 1.54) is 5.56 Å². The zero-order chi connectivity index (χ0) is 11.5. The number of aliphatic hydroxyl groups excluding tert-OH is 1. The van der Waals surface area contributed by atoms with E-state index in [-0.39, 0.29) is 6.61 Å². The highest BCUT2D eigenvalue weighted by atomic mass is 16.3. The Balaban J connectivity index is 2.48. The average molecular weight is 214 g/mol. The molecule has 1 heterocycles. The number of nitrogens with zero attached hydrogens (tertiary/aromatic N) is 1. The molecule has 3 heteroatoms. The number of benzene rings is 1. The Morgan fingerprint density at radius 1 is 1.25 bits per heavy atom. The Labute approximate surface area is 94.6 Å². The van der Waals surface area contributed by atoms with E-state index in [1.54, 1.807) is 6.20 Å². The third-order valence-electron chi connectivity index (χ3n) is 2.52. The minimum Gasteiger partial charge on any atom is -0.392 e. The Hall–Kier alpha value is -1.87. The number of rotatable bonds is 2. The molecule has 0 aliphatic carbocycles. The molecular weight excluding hydrogens is 200 g/mol. The van der Waals surface area contributed by atoms with Gasteiger partial charge in [0.1, 0.15) is 5.82 Å². The maximum atomic E-state index is 9.12. The summed E-state index contributed by atoms with van der Waals surface area (Å²) < 4.78 is 0. The highest BCUT2D eigenvalue weighted by molar-refractivity contribution is 5.65. The first-order chi connectivity index (χ1) is 7.70. The fourth-order valence-electron chi connectivity index (χ4n) is 1.63. The Morgan fingerprint density at radius 2 is 2.06 bits per heavy atom. The summed E-state index contributed by atoms with van der Waals surface area (Å²) in [5.74, 6) is 0.388. The summed E-state index contributed by atoms with van der Waals surface area (Å²) in [5.41, 5.74) is 9.56. The highest BCUT2D eigenvalue weighted by Gasteiger charge is 2.03. The smallest absolute Gasteiger partial charge is 0.128 e. The van der Waals surface area contributed by atoms with Gasteiger partial charge in [-0.05, 0) is 18.6 Å². The van der Waals surface area contributed by atoms with E-state index in [1.807, 2.05) is 31.2 Å². The topological polar surface area (TPSA) is 59.1 Å². The van der Waals surface area contributed by atoms with Crippen LogP contribution >= 0.6 is 0 Å². The average Bonchev–Trinajstić information content (AvgIpc) is 2.29. The number of anilines is 1. The molecule has 0 aliphatic heterocycles. The van der Waals surface area contributed by atoms with Crippen molar-refractivity contribution < 1.29 is 5.11 Å². The number of aryl methyl sites for hydroxylation is 1. The molecule has 2 aromatic rings. The fourth-order valence-corrected chi connectivity index (χ4v) is 1.63. The van der Waals surface area contributed by atoms with Gasteiger partial charge in [0.15, 0.2) is 0 Å². The van der Waals surface area contributed by atoms with Crippen molar-refractivity contribution in [1.82, 2.24) is 4.98 Å². The Morgan fingerprint density at radius 3 is 2.75 bits per heavy atom. The second-order valence-corrected chi connectivity index (χ2v) is 3.80. The molecule has 2 rings (SSSR count). The van der Waals surface area contributed by atoms with Crippen molar-refractivity contribution in [3.8, 4) is 11.1 Å². The maximum Gasteiger partial charge on any atom is 0.128 e. The van der Waals surface area contributed by atoms with Crippen LogP contribution in [0.2, 0.25) is 0 Å². The molecule has 0 amide bonds. The lowest BCUT2D eigenvalue weighted by Crippen LogP contribution is -1.98. The van der Waals surface area contributed by atoms with Gasteiger partial charge in [-0.25, -0.2) is 4.98 Å². The van der Waals surface area contributed by atoms with E-state index in [0.717, 1.165) is 11.1 Å². The number of hydrogen-bond acceptors (Lipinski definition) is 3. The molecule has 0 saturated carbocycles. The molecule has 0 atom stereocenters. The summed E-state index contributed by atoms with van der Waals surface area (Å²) in [4.78, 5) is 4.07. The number of nitrogen functional groups attached to an aromatic ring is 1. The Bertz CT molecular complexity index is 509. The van der Waals surface area contributed by atoms with Crippen LogP contribution in [0.1, 0.15) is 11.1 Å². The molecule has 0 unspecified atom stereocenters. The summed E-state index contributed by atoms with van der Waals surface area (Å²) in [7, 11) is 0. The fraction of sp³-hybridized carbons (Fsp3) is 0.154. The van der Waals surface area contributed by atoms with Gasteiger partial charge in [-0.2, -0.15) is 0 Å². The van der Waals surface area contributed by atoms with E-state index < -0.39 is 0 Å². The van der Waals surface area contributed by atoms with Crippen molar-refractivity contribution in [2.24, 2.45) is 0 Å². The zero-order valence-corrected chi connectivity index (χ0v) is 9.14. The molecule has 0 saturated heterocycles. The van der Waals surface area contributed by atoms with Crippen molar-refractivity contribution in [2.75, 3.05) is 5.73 Å². The largest absolute Gasteiger partial charge is 0.392 e. The lowest BCUT2D eigenvalue weighted by atomic mass is 10.0. The Kier molecular flexibility index (Phi) is 2.88. The number of aliphatic hydroxyl groups is 1. The van der Waals surface area contributed by atoms with Crippen LogP contribution in [0.15, 0.2) is 36.5 Å². The van der Waals surface area contributed by atoms with Crippen LogP contribution in [0.3, 0.4) is 0 Å². The van der Waals surface area contributed by atoms with E-state index in [2.05, 4.69) is 11.1 Å². The monoisotopic (exact) mass is 214 g/mol. The predicted molar refractivity (Wildman–Crippen MR) is 64.7 cm³/mol. The van der Waals surface area contributed by atoms with Crippen LogP contribution in [0.25, 0.3) is 11.1 Å². The molecule has 82 valence electrons. The summed E-state index contributed by atoms with van der Waals surface area (Å²) in [5, 5.41) is 9.12. The van der Waals surface area contributed by atoms with Gasteiger partial charge in [0, 0.05) is 17.3 Å². The van der Waals surface area contributed by atoms with Crippen molar-refractivity contribution in [2.45, 2.75) is 13.5 Å². The van der Waals surface area contributed by atoms with E-state index >= 15 is 0 Å². The van der Waals surface area contributed by atoms with Crippen LogP contribution in [-0.4, -0.2) is 10.1 Å². The quantitative estimate of drug-likeness (QED) is 0.805. The number of aromatic nitrogens is 1. The summed E-state index contributed by atoms with van der Waals surface area (Å²) in [6.07, 6.45) is 1.73. The van der Waals surface area contributed by atoms with Gasteiger partial charge < -0.3 is 10.8 Å². The lowest BCUT2D eigenvalue weighted by Gasteiger charge is -2.06. The minimum atomic E-state index is -0.0848. The summed E-state index contributed by atoms with van der Waals surface area (Å²) in [6.45, 7) is 1.96. The zero-order valence-electron chi connectivity index (χ0n) is 9.14. The van der Waals surface area contributed by atoms with Gasteiger partial charge in [0.25, 0.3) is 0 Å². The lowest BCUT2D eigenvalue weighted by molar-refractivity contribution is 0.282. The molecular formula is C13H14N2O. The van der Waals surface area contributed by atoms with Crippen molar-refractivity contribution >= 4 is 5.82 Å². The highest BCUT2D eigenvalue weighted by Crippen LogP contribution is 2.22. The molecule has 1 aromatic carbocycles. The first-order valence-corrected chi connectivity index (χ1v) is 5.13. The first-order valence-electron chi connectivity index (χ1n) is 5.13. The minimum absolute atomic E-state index is 0.0848. The molecule has 1 aromatic heterocycles. The second-order valence-electron chi connectivity index (χ2n) is 3.80. The van der Waals surface area contributed by atoms with Crippen LogP contribution in [-0.2, 0) is 6.61 Å². The van der Waals surface area contributed by atoms with Gasteiger partial charge in [0.2, 0.25) is 0 Å². The number of hydrogen-bond donors (Lipinski definition) is 2. The third kappa shape index (κ3) is 2.04. The molecule has 0 aliphatic rings. The molecule has 0 radical (unpaired) electrons. The van der Waals surface area contributed by atoms with Crippen molar-refractivity contribution in [3.05, 3.63) is 47.7 Å². The summed E-state index contributed by atoms with van der Waals surface area (Å²) >= 11 is 0. The normalized spacial score (nSPS) is 10.4. The van der Waals surface area contributed by atoms with Crippen LogP contribution in [0, 0.1) is 6.92 Å². The molecule has 0 fully saturated rings. The standard InChI is InChI=1S/C13H14N2O/c1-9-3-2-4-10(5-9)11-6-12(8-16)13(14)15-7-11/h2-7,16H,8H2,1H3,(H2,14,15). The predicted octanol–water partition coefficient (Wildman–Crippen LogP) is 2.13. The van der Waals surface area contributed by atoms with Crippen molar-refractivity contribution in [1.29, 1.82) is 0 Å². The molecule has 3 nitrogen and oxygen atoms in total. The third-order valence-corrected chi connectivity index (χ3v) is 2.52. The van der Waals surface area contributed by atoms with Crippen LogP contribution in [0.5, 0.6) is 0 Å². The van der Waals surface area contributed by atoms with Crippen LogP contribution < -0.4 is 5.73 Å². The maximum absolute atomic E-state index is 9.12. The van der Waals surface area contributed by atoms with Gasteiger partial charge in [-0.1, -0.05) is 29.8 Å². The SMILES string of the molecule is Cc1cccc(-c2cnc(N)c(CO)c2)c1. The summed E-state index contributed by atoms with van der Waals surface area (Å²) in [6, 6.07) is 10.0. The second kappa shape index (κ2) is 4.33. The van der Waals surface area contributed by atoms with E-state index in [0.29, 0.717) is 11.4 Å². The van der Waals surface area contributed by atoms with Gasteiger partial charge in [-0.3, -0.25) is 0 Å². The first kappa shape index (κ1) is 10.6. The van der Waals surface area contributed by atoms with Gasteiger partial charge >= 0.3 is 0 Å². The number of nitrogens with two attached hydrogens (primary N) is 1. The van der Waals surface area contributed by atoms with Crippen LogP contribution in [0.4, 0.5) is 5.82 Å². The van der Waals surface area contributed by atoms with E-state index in [4.69, 9.17) is 10.8 Å². The number of pyridine rings is 1. The van der Waals surface area contributed by atoms with E-state index in [9.17, 15) is 0 Å². The van der Waals surface area contributed by atoms with Gasteiger partial charge in [0.05, 0.1) is 6.61 Å². The molecule has 0 bridgehead atoms. The van der Waals surface area contributed by atoms with Gasteiger partial charge in [-0.15, -0.1) is 0 Å². The molecule has 0 spiro atoms. The molecule has 3 N–H and O–H groups in total.